The Balaban J connectivity index is 2.71. The zero-order chi connectivity index (χ0) is 8.27. The van der Waals surface area contributed by atoms with Crippen LogP contribution in [-0.4, -0.2) is 5.56 Å². The lowest BCUT2D eigenvalue weighted by atomic mass is 10.3. The lowest BCUT2D eigenvalue weighted by molar-refractivity contribution is 0.301. The number of hydrogen-bond donors (Lipinski definition) is 0. The molecule has 1 aromatic carbocycles. The maximum Gasteiger partial charge on any atom is 0.169 e. The zero-order valence-corrected chi connectivity index (χ0v) is 7.56. The molecule has 0 saturated carbocycles. The molecule has 60 valence electrons. The van der Waals surface area contributed by atoms with Gasteiger partial charge in [-0.3, -0.25) is 0 Å². The van der Waals surface area contributed by atoms with Crippen LogP contribution in [0.1, 0.15) is 6.92 Å². The summed E-state index contributed by atoms with van der Waals surface area (Å²) in [5.41, 5.74) is -0.325. The predicted octanol–water partition coefficient (Wildman–Crippen LogP) is 3.30. The first-order valence-electron chi connectivity index (χ1n) is 3.25. The second-order valence-electron chi connectivity index (χ2n) is 2.12. The van der Waals surface area contributed by atoms with Crippen LogP contribution < -0.4 is 4.74 Å². The van der Waals surface area contributed by atoms with Gasteiger partial charge in [0.15, 0.2) is 5.56 Å². The second kappa shape index (κ2) is 3.84. The van der Waals surface area contributed by atoms with Crippen LogP contribution in [0.4, 0.5) is 0 Å². The van der Waals surface area contributed by atoms with Crippen LogP contribution in [0.15, 0.2) is 24.3 Å². The highest BCUT2D eigenvalue weighted by Gasteiger charge is 1.97. The van der Waals surface area contributed by atoms with Crippen molar-refractivity contribution in [3.63, 3.8) is 0 Å². The lowest BCUT2D eigenvalue weighted by Crippen LogP contribution is -2.01. The molecule has 0 aliphatic heterocycles. The van der Waals surface area contributed by atoms with E-state index in [0.29, 0.717) is 10.8 Å². The van der Waals surface area contributed by atoms with E-state index in [2.05, 4.69) is 0 Å². The van der Waals surface area contributed by atoms with E-state index in [1.165, 1.54) is 0 Å². The Morgan fingerprint density at radius 3 is 2.73 bits per heavy atom. The summed E-state index contributed by atoms with van der Waals surface area (Å²) in [7, 11) is 0. The molecule has 0 heterocycles. The molecule has 0 N–H and O–H groups in total. The van der Waals surface area contributed by atoms with E-state index in [9.17, 15) is 0 Å². The van der Waals surface area contributed by atoms with E-state index >= 15 is 0 Å². The minimum Gasteiger partial charge on any atom is -0.475 e. The van der Waals surface area contributed by atoms with Gasteiger partial charge in [0.1, 0.15) is 5.75 Å². The van der Waals surface area contributed by atoms with Gasteiger partial charge in [0.2, 0.25) is 0 Å². The summed E-state index contributed by atoms with van der Waals surface area (Å²) in [5.74, 6) is 0.694. The van der Waals surface area contributed by atoms with Gasteiger partial charge in [0, 0.05) is 5.02 Å². The van der Waals surface area contributed by atoms with Crippen molar-refractivity contribution in [1.29, 1.82) is 0 Å². The van der Waals surface area contributed by atoms with Crippen LogP contribution in [0.2, 0.25) is 5.02 Å². The summed E-state index contributed by atoms with van der Waals surface area (Å²) in [6.45, 7) is 1.75. The third-order valence-corrected chi connectivity index (χ3v) is 1.42. The lowest BCUT2D eigenvalue weighted by Gasteiger charge is -2.06. The highest BCUT2D eigenvalue weighted by molar-refractivity contribution is 6.30. The summed E-state index contributed by atoms with van der Waals surface area (Å²) in [6, 6.07) is 7.13. The average molecular weight is 191 g/mol. The number of rotatable bonds is 2. The second-order valence-corrected chi connectivity index (χ2v) is 3.17. The molecule has 1 rings (SSSR count). The highest BCUT2D eigenvalue weighted by Crippen LogP contribution is 2.18. The molecule has 11 heavy (non-hydrogen) atoms. The first-order valence-corrected chi connectivity index (χ1v) is 4.06. The molecule has 0 saturated heterocycles. The normalized spacial score (nSPS) is 12.6. The van der Waals surface area contributed by atoms with Crippen LogP contribution in [0.5, 0.6) is 5.75 Å². The minimum absolute atomic E-state index is 0.325. The van der Waals surface area contributed by atoms with Crippen molar-refractivity contribution in [3.8, 4) is 5.75 Å². The monoisotopic (exact) mass is 190 g/mol. The van der Waals surface area contributed by atoms with E-state index < -0.39 is 0 Å². The van der Waals surface area contributed by atoms with Crippen LogP contribution in [0.25, 0.3) is 0 Å². The topological polar surface area (TPSA) is 9.23 Å². The Labute approximate surface area is 75.9 Å². The SMILES string of the molecule is CC(Cl)Oc1cccc(Cl)c1. The van der Waals surface area contributed by atoms with E-state index in [0.717, 1.165) is 0 Å². The van der Waals surface area contributed by atoms with Gasteiger partial charge in [-0.25, -0.2) is 0 Å². The van der Waals surface area contributed by atoms with Crippen molar-refractivity contribution in [2.24, 2.45) is 0 Å². The number of alkyl halides is 1. The van der Waals surface area contributed by atoms with E-state index in [1.807, 2.05) is 12.1 Å². The highest BCUT2D eigenvalue weighted by atomic mass is 35.5. The van der Waals surface area contributed by atoms with Gasteiger partial charge in [-0.2, -0.15) is 0 Å². The van der Waals surface area contributed by atoms with Crippen molar-refractivity contribution in [2.75, 3.05) is 0 Å². The van der Waals surface area contributed by atoms with Crippen LogP contribution in [0.3, 0.4) is 0 Å². The summed E-state index contributed by atoms with van der Waals surface area (Å²) in [4.78, 5) is 0. The Hall–Kier alpha value is -0.400. The third kappa shape index (κ3) is 3.00. The van der Waals surface area contributed by atoms with Crippen molar-refractivity contribution in [2.45, 2.75) is 12.5 Å². The largest absolute Gasteiger partial charge is 0.475 e. The van der Waals surface area contributed by atoms with Gasteiger partial charge in [-0.15, -0.1) is 0 Å². The van der Waals surface area contributed by atoms with Gasteiger partial charge in [0.25, 0.3) is 0 Å². The van der Waals surface area contributed by atoms with Crippen molar-refractivity contribution >= 4 is 23.2 Å². The molecule has 0 aliphatic rings. The van der Waals surface area contributed by atoms with Crippen LogP contribution >= 0.6 is 23.2 Å². The average Bonchev–Trinajstić information content (AvgIpc) is 1.85. The van der Waals surface area contributed by atoms with Gasteiger partial charge in [0.05, 0.1) is 0 Å². The molecule has 1 nitrogen and oxygen atoms in total. The van der Waals surface area contributed by atoms with E-state index in [1.54, 1.807) is 19.1 Å². The molecule has 1 aromatic rings. The molecule has 0 aromatic heterocycles. The number of halogens is 2. The van der Waals surface area contributed by atoms with Gasteiger partial charge in [-0.05, 0) is 25.1 Å². The van der Waals surface area contributed by atoms with Gasteiger partial charge < -0.3 is 4.74 Å². The van der Waals surface area contributed by atoms with Crippen LogP contribution in [-0.2, 0) is 0 Å². The van der Waals surface area contributed by atoms with Crippen LogP contribution in [0, 0.1) is 0 Å². The molecule has 0 bridgehead atoms. The molecule has 1 atom stereocenters. The first-order chi connectivity index (χ1) is 5.18. The maximum atomic E-state index is 5.71. The molecular formula is C8H8Cl2O. The van der Waals surface area contributed by atoms with Crippen molar-refractivity contribution in [3.05, 3.63) is 29.3 Å². The smallest absolute Gasteiger partial charge is 0.169 e. The number of benzene rings is 1. The summed E-state index contributed by atoms with van der Waals surface area (Å²) in [5, 5.41) is 0.653. The Morgan fingerprint density at radius 1 is 1.45 bits per heavy atom. The molecule has 0 fully saturated rings. The molecule has 0 aliphatic carbocycles. The molecule has 0 spiro atoms. The first kappa shape index (κ1) is 8.69. The van der Waals surface area contributed by atoms with Crippen molar-refractivity contribution in [1.82, 2.24) is 0 Å². The fourth-order valence-electron chi connectivity index (χ4n) is 0.728. The summed E-state index contributed by atoms with van der Waals surface area (Å²) < 4.78 is 5.18. The Morgan fingerprint density at radius 2 is 2.18 bits per heavy atom. The van der Waals surface area contributed by atoms with E-state index in [-0.39, 0.29) is 5.56 Å². The third-order valence-electron chi connectivity index (χ3n) is 1.09. The standard InChI is InChI=1S/C8H8Cl2O/c1-6(9)11-8-4-2-3-7(10)5-8/h2-6H,1H3. The zero-order valence-electron chi connectivity index (χ0n) is 6.05. The maximum absolute atomic E-state index is 5.71. The molecule has 0 radical (unpaired) electrons. The van der Waals surface area contributed by atoms with Gasteiger partial charge in [-0.1, -0.05) is 29.3 Å². The van der Waals surface area contributed by atoms with Gasteiger partial charge >= 0.3 is 0 Å². The Kier molecular flexibility index (Phi) is 3.03. The summed E-state index contributed by atoms with van der Waals surface area (Å²) in [6.07, 6.45) is 0. The Bertz CT molecular complexity index is 235. The quantitative estimate of drug-likeness (QED) is 0.651. The fraction of sp³-hybridized carbons (Fsp3) is 0.250. The number of ether oxygens (including phenoxy) is 1. The minimum atomic E-state index is -0.325. The fourth-order valence-corrected chi connectivity index (χ4v) is 1.01. The molecular weight excluding hydrogens is 183 g/mol. The number of hydrogen-bond acceptors (Lipinski definition) is 1. The molecule has 3 heteroatoms. The molecule has 1 unspecified atom stereocenters. The van der Waals surface area contributed by atoms with Crippen molar-refractivity contribution < 1.29 is 4.74 Å². The predicted molar refractivity (Wildman–Crippen MR) is 47.4 cm³/mol. The van der Waals surface area contributed by atoms with E-state index in [4.69, 9.17) is 27.9 Å². The summed E-state index contributed by atoms with van der Waals surface area (Å²) >= 11 is 11.3. The molecule has 0 amide bonds.